The van der Waals surface area contributed by atoms with E-state index in [1.54, 1.807) is 0 Å². The van der Waals surface area contributed by atoms with Gasteiger partial charge >= 0.3 is 0 Å². The van der Waals surface area contributed by atoms with Gasteiger partial charge in [0.15, 0.2) is 11.6 Å². The highest BCUT2D eigenvalue weighted by molar-refractivity contribution is 5.96. The molecule has 1 aliphatic carbocycles. The Morgan fingerprint density at radius 3 is 1.70 bits per heavy atom. The number of hydrogen-bond acceptors (Lipinski definition) is 4. The van der Waals surface area contributed by atoms with Crippen molar-refractivity contribution in [3.63, 3.8) is 0 Å². The van der Waals surface area contributed by atoms with E-state index in [0.29, 0.717) is 17.6 Å². The SMILES string of the molecule is C1=c2c(n(-c3ccccc3)c3c2c(-n2c(-c4ccccc4-c4ccccc4)nc4ccccc42)cn3-c2nc(-c3ccccc3)nc(-c3ccccc3)n2)=CCC1. The molecule has 0 fully saturated rings. The summed E-state index contributed by atoms with van der Waals surface area (Å²) in [7, 11) is 0. The van der Waals surface area contributed by atoms with Crippen LogP contribution in [0.1, 0.15) is 12.8 Å². The van der Waals surface area contributed by atoms with Crippen LogP contribution < -0.4 is 10.6 Å². The highest BCUT2D eigenvalue weighted by Gasteiger charge is 2.27. The van der Waals surface area contributed by atoms with Crippen LogP contribution in [0, 0.1) is 0 Å². The van der Waals surface area contributed by atoms with Crippen molar-refractivity contribution < 1.29 is 0 Å². The van der Waals surface area contributed by atoms with Crippen LogP contribution in [0.2, 0.25) is 0 Å². The minimum atomic E-state index is 0.529. The second-order valence-corrected chi connectivity index (χ2v) is 14.2. The van der Waals surface area contributed by atoms with Gasteiger partial charge < -0.3 is 0 Å². The summed E-state index contributed by atoms with van der Waals surface area (Å²) in [6.45, 7) is 0. The van der Waals surface area contributed by atoms with E-state index in [-0.39, 0.29) is 0 Å². The van der Waals surface area contributed by atoms with Gasteiger partial charge in [-0.05, 0) is 48.2 Å². The Labute approximate surface area is 328 Å². The lowest BCUT2D eigenvalue weighted by molar-refractivity contribution is 0.894. The Kier molecular flexibility index (Phi) is 7.81. The number of benzene rings is 6. The quantitative estimate of drug-likeness (QED) is 0.164. The van der Waals surface area contributed by atoms with Crippen molar-refractivity contribution >= 4 is 34.2 Å². The lowest BCUT2D eigenvalue weighted by atomic mass is 9.99. The first-order chi connectivity index (χ1) is 28.3. The van der Waals surface area contributed by atoms with E-state index in [1.165, 1.54) is 5.22 Å². The van der Waals surface area contributed by atoms with Crippen LogP contribution in [0.4, 0.5) is 0 Å². The molecule has 4 aromatic heterocycles. The minimum Gasteiger partial charge on any atom is -0.295 e. The summed E-state index contributed by atoms with van der Waals surface area (Å²) < 4.78 is 6.87. The predicted molar refractivity (Wildman–Crippen MR) is 230 cm³/mol. The molecule has 0 radical (unpaired) electrons. The molecule has 0 aliphatic heterocycles. The Morgan fingerprint density at radius 1 is 0.456 bits per heavy atom. The van der Waals surface area contributed by atoms with Gasteiger partial charge in [-0.3, -0.25) is 13.7 Å². The third-order valence-electron chi connectivity index (χ3n) is 10.8. The maximum Gasteiger partial charge on any atom is 0.239 e. The molecule has 4 heterocycles. The number of hydrogen-bond donors (Lipinski definition) is 0. The van der Waals surface area contributed by atoms with Gasteiger partial charge in [-0.15, -0.1) is 0 Å². The van der Waals surface area contributed by atoms with Gasteiger partial charge in [-0.25, -0.2) is 9.97 Å². The van der Waals surface area contributed by atoms with Gasteiger partial charge in [-0.1, -0.05) is 158 Å². The van der Waals surface area contributed by atoms with Crippen molar-refractivity contribution in [3.05, 3.63) is 187 Å². The molecule has 7 heteroatoms. The average molecular weight is 734 g/mol. The minimum absolute atomic E-state index is 0.529. The first kappa shape index (κ1) is 32.8. The molecule has 11 rings (SSSR count). The fourth-order valence-corrected chi connectivity index (χ4v) is 8.24. The van der Waals surface area contributed by atoms with Crippen LogP contribution >= 0.6 is 0 Å². The molecule has 6 aromatic carbocycles. The molecule has 0 saturated carbocycles. The molecule has 0 saturated heterocycles. The van der Waals surface area contributed by atoms with E-state index in [9.17, 15) is 0 Å². The largest absolute Gasteiger partial charge is 0.295 e. The number of fused-ring (bicyclic) bond motifs is 4. The fourth-order valence-electron chi connectivity index (χ4n) is 8.24. The van der Waals surface area contributed by atoms with Crippen molar-refractivity contribution in [2.24, 2.45) is 0 Å². The lowest BCUT2D eigenvalue weighted by Crippen LogP contribution is -2.31. The van der Waals surface area contributed by atoms with E-state index in [2.05, 4.69) is 141 Å². The zero-order chi connectivity index (χ0) is 37.7. The van der Waals surface area contributed by atoms with Crippen LogP contribution in [0.3, 0.4) is 0 Å². The van der Waals surface area contributed by atoms with Gasteiger partial charge in [0.2, 0.25) is 5.95 Å². The van der Waals surface area contributed by atoms with Crippen LogP contribution in [-0.2, 0) is 0 Å². The van der Waals surface area contributed by atoms with E-state index < -0.39 is 0 Å². The number of nitrogens with zero attached hydrogens (tertiary/aromatic N) is 7. The first-order valence-corrected chi connectivity index (χ1v) is 19.3. The van der Waals surface area contributed by atoms with Gasteiger partial charge in [0.25, 0.3) is 0 Å². The highest BCUT2D eigenvalue weighted by Crippen LogP contribution is 2.38. The van der Waals surface area contributed by atoms with Crippen LogP contribution in [-0.4, -0.2) is 33.6 Å². The van der Waals surface area contributed by atoms with Gasteiger partial charge in [0.1, 0.15) is 11.5 Å². The fraction of sp³-hybridized carbons (Fsp3) is 0.0400. The zero-order valence-corrected chi connectivity index (χ0v) is 30.9. The second kappa shape index (κ2) is 13.6. The molecule has 0 N–H and O–H groups in total. The molecule has 0 bridgehead atoms. The number of rotatable bonds is 7. The van der Waals surface area contributed by atoms with Crippen molar-refractivity contribution in [1.29, 1.82) is 0 Å². The van der Waals surface area contributed by atoms with E-state index in [1.807, 2.05) is 60.7 Å². The molecule has 57 heavy (non-hydrogen) atoms. The van der Waals surface area contributed by atoms with Crippen molar-refractivity contribution in [2.45, 2.75) is 12.8 Å². The summed E-state index contributed by atoms with van der Waals surface area (Å²) in [6, 6.07) is 58.5. The summed E-state index contributed by atoms with van der Waals surface area (Å²) >= 11 is 0. The van der Waals surface area contributed by atoms with Crippen LogP contribution in [0.25, 0.3) is 96.8 Å². The summed E-state index contributed by atoms with van der Waals surface area (Å²) in [5.74, 6) is 2.60. The van der Waals surface area contributed by atoms with Crippen molar-refractivity contribution in [1.82, 2.24) is 33.6 Å². The Morgan fingerprint density at radius 2 is 1.02 bits per heavy atom. The number of imidazole rings is 1. The third-order valence-corrected chi connectivity index (χ3v) is 10.8. The standard InChI is InChI=1S/C50H35N7/c1-5-19-34(20-6-1)38-27-13-14-28-39(38)48-51-41-30-16-18-32-43(41)57(48)44-33-55(49-45(44)40-29-15-17-31-42(40)56(49)37-25-11-4-12-26-37)50-53-46(35-21-7-2-8-22-35)52-47(54-50)36-23-9-3-10-24-36/h1-14,16,18-33H,15,17H2. The summed E-state index contributed by atoms with van der Waals surface area (Å²) in [5.41, 5.74) is 10.1. The summed E-state index contributed by atoms with van der Waals surface area (Å²) in [6.07, 6.45) is 8.86. The summed E-state index contributed by atoms with van der Waals surface area (Å²) in [4.78, 5) is 21.0. The van der Waals surface area contributed by atoms with E-state index in [0.717, 1.165) is 85.3 Å². The highest BCUT2D eigenvalue weighted by atomic mass is 15.3. The summed E-state index contributed by atoms with van der Waals surface area (Å²) in [5, 5.41) is 3.45. The molecule has 1 aliphatic rings. The van der Waals surface area contributed by atoms with Crippen LogP contribution in [0.15, 0.2) is 176 Å². The van der Waals surface area contributed by atoms with Crippen LogP contribution in [0.5, 0.6) is 0 Å². The number of aromatic nitrogens is 7. The van der Waals surface area contributed by atoms with E-state index >= 15 is 0 Å². The molecule has 7 nitrogen and oxygen atoms in total. The van der Waals surface area contributed by atoms with Gasteiger partial charge in [-0.2, -0.15) is 9.97 Å². The Balaban J connectivity index is 1.29. The lowest BCUT2D eigenvalue weighted by Gasteiger charge is -2.13. The van der Waals surface area contributed by atoms with E-state index in [4.69, 9.17) is 19.9 Å². The molecular formula is C50H35N7. The molecule has 0 unspecified atom stereocenters. The molecule has 0 amide bonds. The topological polar surface area (TPSA) is 66.3 Å². The first-order valence-electron chi connectivity index (χ1n) is 19.3. The predicted octanol–water partition coefficient (Wildman–Crippen LogP) is 9.97. The molecule has 10 aromatic rings. The van der Waals surface area contributed by atoms with Gasteiger partial charge in [0.05, 0.1) is 27.5 Å². The second-order valence-electron chi connectivity index (χ2n) is 14.2. The molecular weight excluding hydrogens is 699 g/mol. The zero-order valence-electron chi connectivity index (χ0n) is 30.9. The average Bonchev–Trinajstić information content (AvgIpc) is 3.97. The van der Waals surface area contributed by atoms with Gasteiger partial charge in [0, 0.05) is 33.8 Å². The van der Waals surface area contributed by atoms with Crippen molar-refractivity contribution in [2.75, 3.05) is 0 Å². The normalized spacial score (nSPS) is 12.4. The maximum atomic E-state index is 5.41. The van der Waals surface area contributed by atoms with Crippen molar-refractivity contribution in [3.8, 4) is 62.6 Å². The monoisotopic (exact) mass is 733 g/mol. The third kappa shape index (κ3) is 5.51. The molecule has 270 valence electrons. The maximum absolute atomic E-state index is 5.41. The molecule has 0 spiro atoms. The number of para-hydroxylation sites is 3. The Hall–Kier alpha value is -7.64. The Bertz CT molecular complexity index is 3160. The smallest absolute Gasteiger partial charge is 0.239 e. The molecule has 0 atom stereocenters.